The number of aryl methyl sites for hydroxylation is 1. The van der Waals surface area contributed by atoms with Gasteiger partial charge in [0.15, 0.2) is 12.4 Å². The minimum atomic E-state index is -0.678. The first-order valence-corrected chi connectivity index (χ1v) is 14.6. The summed E-state index contributed by atoms with van der Waals surface area (Å²) < 4.78 is 6.05. The number of anilines is 1. The Bertz CT molecular complexity index is 1780. The zero-order valence-corrected chi connectivity index (χ0v) is 24.8. The number of allylic oxidation sites excluding steroid dienone is 2. The molecule has 0 N–H and O–H groups in total. The van der Waals surface area contributed by atoms with Gasteiger partial charge in [-0.1, -0.05) is 66.2 Å². The summed E-state index contributed by atoms with van der Waals surface area (Å²) in [4.78, 5) is 58.1. The maximum absolute atomic E-state index is 13.4. The first-order chi connectivity index (χ1) is 20.2. The third-order valence-corrected chi connectivity index (χ3v) is 9.14. The lowest BCUT2D eigenvalue weighted by Crippen LogP contribution is -2.30. The average molecular weight is 644 g/mol. The Morgan fingerprint density at radius 2 is 1.62 bits per heavy atom. The predicted molar refractivity (Wildman–Crippen MR) is 164 cm³/mol. The molecule has 6 rings (SSSR count). The number of fused-ring (bicyclic) bond motifs is 2. The quantitative estimate of drug-likeness (QED) is 0.0961. The number of pyridine rings is 1. The minimum Gasteiger partial charge on any atom is -0.454 e. The standard InChI is InChI=1S/C33H24BrClN2O5/c1-18-29(35)26(34)15-24-25(33(41)42-17-28(38)20-7-3-2-4-8-20)16-27(36-30(18)24)19-11-13-21(14-12-19)37-31(39)22-9-5-6-10-23(22)32(37)40/h2-8,11-16,22-23H,9-10,17H2,1H3. The first kappa shape index (κ1) is 28.0. The summed E-state index contributed by atoms with van der Waals surface area (Å²) in [5.74, 6) is -2.01. The van der Waals surface area contributed by atoms with Gasteiger partial charge in [-0.15, -0.1) is 0 Å². The number of ketones is 1. The third-order valence-electron chi connectivity index (χ3n) is 7.80. The molecule has 2 amide bonds. The number of imide groups is 1. The van der Waals surface area contributed by atoms with Gasteiger partial charge in [0.2, 0.25) is 11.8 Å². The molecule has 2 atom stereocenters. The highest BCUT2D eigenvalue weighted by atomic mass is 79.9. The van der Waals surface area contributed by atoms with E-state index in [0.717, 1.165) is 0 Å². The second-order valence-electron chi connectivity index (χ2n) is 10.3. The molecule has 3 aromatic carbocycles. The van der Waals surface area contributed by atoms with E-state index in [4.69, 9.17) is 21.3 Å². The van der Waals surface area contributed by atoms with E-state index in [2.05, 4.69) is 15.9 Å². The lowest BCUT2D eigenvalue weighted by molar-refractivity contribution is -0.122. The highest BCUT2D eigenvalue weighted by molar-refractivity contribution is 9.10. The van der Waals surface area contributed by atoms with E-state index in [1.165, 1.54) is 4.90 Å². The first-order valence-electron chi connectivity index (χ1n) is 13.4. The number of hydrogen-bond donors (Lipinski definition) is 0. The summed E-state index contributed by atoms with van der Waals surface area (Å²) in [6, 6.07) is 18.9. The van der Waals surface area contributed by atoms with Gasteiger partial charge < -0.3 is 4.74 Å². The molecule has 1 aliphatic carbocycles. The van der Waals surface area contributed by atoms with Crippen LogP contribution in [-0.2, 0) is 14.3 Å². The van der Waals surface area contributed by atoms with Crippen molar-refractivity contribution in [2.45, 2.75) is 19.8 Å². The molecule has 1 aliphatic heterocycles. The number of benzene rings is 3. The Hall–Kier alpha value is -4.14. The highest BCUT2D eigenvalue weighted by Gasteiger charge is 2.47. The Kier molecular flexibility index (Phi) is 7.51. The number of ether oxygens (including phenoxy) is 1. The van der Waals surface area contributed by atoms with Crippen molar-refractivity contribution in [2.75, 3.05) is 11.5 Å². The molecule has 2 aliphatic rings. The fourth-order valence-electron chi connectivity index (χ4n) is 5.53. The van der Waals surface area contributed by atoms with Gasteiger partial charge in [0.25, 0.3) is 0 Å². The summed E-state index contributed by atoms with van der Waals surface area (Å²) >= 11 is 9.96. The van der Waals surface area contributed by atoms with Crippen LogP contribution in [0.3, 0.4) is 0 Å². The maximum Gasteiger partial charge on any atom is 0.339 e. The molecule has 2 heterocycles. The summed E-state index contributed by atoms with van der Waals surface area (Å²) in [6.45, 7) is 1.39. The van der Waals surface area contributed by atoms with Crippen molar-refractivity contribution in [3.63, 3.8) is 0 Å². The summed E-state index contributed by atoms with van der Waals surface area (Å²) in [5, 5.41) is 0.980. The van der Waals surface area contributed by atoms with Gasteiger partial charge >= 0.3 is 5.97 Å². The molecule has 0 saturated carbocycles. The zero-order valence-electron chi connectivity index (χ0n) is 22.5. The van der Waals surface area contributed by atoms with Crippen LogP contribution < -0.4 is 4.90 Å². The smallest absolute Gasteiger partial charge is 0.339 e. The van der Waals surface area contributed by atoms with Crippen LogP contribution in [0.2, 0.25) is 5.02 Å². The molecule has 1 fully saturated rings. The van der Waals surface area contributed by atoms with Gasteiger partial charge in [-0.25, -0.2) is 9.78 Å². The number of carbonyl (C=O) groups excluding carboxylic acids is 4. The van der Waals surface area contributed by atoms with Crippen molar-refractivity contribution in [2.24, 2.45) is 11.8 Å². The molecular formula is C33H24BrClN2O5. The van der Waals surface area contributed by atoms with Gasteiger partial charge in [0, 0.05) is 21.0 Å². The van der Waals surface area contributed by atoms with Gasteiger partial charge in [-0.05, 0) is 65.5 Å². The summed E-state index contributed by atoms with van der Waals surface area (Å²) in [6.07, 6.45) is 5.05. The maximum atomic E-state index is 13.4. The molecule has 7 nitrogen and oxygen atoms in total. The molecule has 1 aromatic heterocycles. The molecule has 9 heteroatoms. The van der Waals surface area contributed by atoms with E-state index in [9.17, 15) is 19.2 Å². The molecule has 4 aromatic rings. The number of nitrogens with zero attached hydrogens (tertiary/aromatic N) is 2. The normalized spacial score (nSPS) is 17.9. The zero-order chi connectivity index (χ0) is 29.5. The van der Waals surface area contributed by atoms with Crippen molar-refractivity contribution >= 4 is 67.7 Å². The van der Waals surface area contributed by atoms with E-state index in [1.54, 1.807) is 66.7 Å². The van der Waals surface area contributed by atoms with Crippen LogP contribution >= 0.6 is 27.5 Å². The lowest BCUT2D eigenvalue weighted by Gasteiger charge is -2.16. The lowest BCUT2D eigenvalue weighted by atomic mass is 9.85. The van der Waals surface area contributed by atoms with Crippen LogP contribution in [0.1, 0.15) is 39.1 Å². The highest BCUT2D eigenvalue weighted by Crippen LogP contribution is 2.39. The van der Waals surface area contributed by atoms with Crippen molar-refractivity contribution in [1.82, 2.24) is 4.98 Å². The van der Waals surface area contributed by atoms with E-state index in [0.29, 0.717) is 61.3 Å². The van der Waals surface area contributed by atoms with Gasteiger partial charge in [0.1, 0.15) is 0 Å². The van der Waals surface area contributed by atoms with Crippen LogP contribution in [0.25, 0.3) is 22.2 Å². The van der Waals surface area contributed by atoms with Crippen LogP contribution in [0.4, 0.5) is 5.69 Å². The third kappa shape index (κ3) is 4.95. The number of amides is 2. The van der Waals surface area contributed by atoms with Crippen molar-refractivity contribution in [3.05, 3.63) is 105 Å². The fraction of sp³-hybridized carbons (Fsp3) is 0.182. The summed E-state index contributed by atoms with van der Waals surface area (Å²) in [7, 11) is 0. The summed E-state index contributed by atoms with van der Waals surface area (Å²) in [5.41, 5.74) is 3.46. The van der Waals surface area contributed by atoms with Crippen molar-refractivity contribution < 1.29 is 23.9 Å². The van der Waals surface area contributed by atoms with Gasteiger partial charge in [-0.2, -0.15) is 0 Å². The Labute approximate surface area is 255 Å². The molecule has 1 saturated heterocycles. The Morgan fingerprint density at radius 3 is 2.26 bits per heavy atom. The van der Waals surface area contributed by atoms with Crippen molar-refractivity contribution in [3.8, 4) is 11.3 Å². The number of rotatable bonds is 6. The number of hydrogen-bond acceptors (Lipinski definition) is 6. The van der Waals surface area contributed by atoms with Crippen LogP contribution in [0.5, 0.6) is 0 Å². The molecule has 210 valence electrons. The molecule has 0 spiro atoms. The Morgan fingerprint density at radius 1 is 0.976 bits per heavy atom. The SMILES string of the molecule is Cc1c(Cl)c(Br)cc2c(C(=O)OCC(=O)c3ccccc3)cc(-c3ccc(N4C(=O)C5CC=CCC5C4=O)cc3)nc12. The van der Waals surface area contributed by atoms with E-state index >= 15 is 0 Å². The number of aromatic nitrogens is 1. The van der Waals surface area contributed by atoms with Gasteiger partial charge in [0.05, 0.1) is 39.3 Å². The fourth-order valence-corrected chi connectivity index (χ4v) is 6.20. The molecular weight excluding hydrogens is 620 g/mol. The molecule has 0 bridgehead atoms. The number of esters is 1. The Balaban J connectivity index is 1.34. The van der Waals surface area contributed by atoms with Crippen molar-refractivity contribution in [1.29, 1.82) is 0 Å². The monoisotopic (exact) mass is 642 g/mol. The topological polar surface area (TPSA) is 93.6 Å². The largest absolute Gasteiger partial charge is 0.454 e. The number of Topliss-reactive ketones (excluding diaryl/α,β-unsaturated/α-hetero) is 1. The number of carbonyl (C=O) groups is 4. The van der Waals surface area contributed by atoms with E-state index in [-0.39, 0.29) is 35.0 Å². The average Bonchev–Trinajstić information content (AvgIpc) is 3.28. The minimum absolute atomic E-state index is 0.183. The van der Waals surface area contributed by atoms with Gasteiger partial charge in [-0.3, -0.25) is 19.3 Å². The van der Waals surface area contributed by atoms with Crippen LogP contribution in [-0.4, -0.2) is 35.2 Å². The molecule has 2 unspecified atom stereocenters. The van der Waals surface area contributed by atoms with Crippen LogP contribution in [0, 0.1) is 18.8 Å². The second kappa shape index (κ2) is 11.3. The molecule has 0 radical (unpaired) electrons. The van der Waals surface area contributed by atoms with Crippen LogP contribution in [0.15, 0.2) is 83.4 Å². The molecule has 42 heavy (non-hydrogen) atoms. The van der Waals surface area contributed by atoms with E-state index in [1.807, 2.05) is 19.1 Å². The number of halogens is 2. The predicted octanol–water partition coefficient (Wildman–Crippen LogP) is 7.12. The van der Waals surface area contributed by atoms with E-state index < -0.39 is 12.6 Å². The second-order valence-corrected chi connectivity index (χ2v) is 11.6.